The summed E-state index contributed by atoms with van der Waals surface area (Å²) in [5, 5.41) is 9.63. The SMILES string of the molecule is N#CC1(c2ccc(OCC3CN(C4CCC4)C3)cc2)CCOCC1. The molecule has 0 spiro atoms. The van der Waals surface area contributed by atoms with Crippen LogP contribution in [-0.4, -0.2) is 43.9 Å². The highest BCUT2D eigenvalue weighted by Crippen LogP contribution is 2.35. The molecule has 0 aromatic heterocycles. The second-order valence-electron chi connectivity index (χ2n) is 7.55. The summed E-state index contributed by atoms with van der Waals surface area (Å²) < 4.78 is 11.4. The predicted molar refractivity (Wildman–Crippen MR) is 92.0 cm³/mol. The molecule has 2 heterocycles. The van der Waals surface area contributed by atoms with E-state index in [1.807, 2.05) is 12.1 Å². The Bertz CT molecular complexity index is 591. The van der Waals surface area contributed by atoms with Gasteiger partial charge in [-0.15, -0.1) is 0 Å². The monoisotopic (exact) mass is 326 g/mol. The molecule has 0 atom stereocenters. The number of benzene rings is 1. The number of nitrogens with zero attached hydrogens (tertiary/aromatic N) is 2. The van der Waals surface area contributed by atoms with Crippen LogP contribution in [0.1, 0.15) is 37.7 Å². The molecule has 0 unspecified atom stereocenters. The molecular weight excluding hydrogens is 300 g/mol. The van der Waals surface area contributed by atoms with Crippen LogP contribution < -0.4 is 4.74 Å². The van der Waals surface area contributed by atoms with Gasteiger partial charge in [0.1, 0.15) is 5.75 Å². The van der Waals surface area contributed by atoms with Crippen molar-refractivity contribution in [3.63, 3.8) is 0 Å². The van der Waals surface area contributed by atoms with Crippen molar-refractivity contribution in [1.29, 1.82) is 5.26 Å². The highest BCUT2D eigenvalue weighted by atomic mass is 16.5. The highest BCUT2D eigenvalue weighted by Gasteiger charge is 2.36. The summed E-state index contributed by atoms with van der Waals surface area (Å²) >= 11 is 0. The Morgan fingerprint density at radius 2 is 1.88 bits per heavy atom. The van der Waals surface area contributed by atoms with Crippen LogP contribution in [0.15, 0.2) is 24.3 Å². The van der Waals surface area contributed by atoms with Gasteiger partial charge in [-0.05, 0) is 43.4 Å². The van der Waals surface area contributed by atoms with Gasteiger partial charge in [0, 0.05) is 38.3 Å². The minimum atomic E-state index is -0.381. The molecule has 0 amide bonds. The summed E-state index contributed by atoms with van der Waals surface area (Å²) in [4.78, 5) is 2.60. The Hall–Kier alpha value is -1.57. The maximum Gasteiger partial charge on any atom is 0.119 e. The standard InChI is InChI=1S/C20H26N2O2/c21-15-20(8-10-23-11-9-20)17-4-6-19(7-5-17)24-14-16-12-22(13-16)18-2-1-3-18/h4-7,16,18H,1-3,8-14H2. The van der Waals surface area contributed by atoms with E-state index in [0.29, 0.717) is 19.1 Å². The lowest BCUT2D eigenvalue weighted by atomic mass is 9.75. The topological polar surface area (TPSA) is 45.5 Å². The predicted octanol–water partition coefficient (Wildman–Crippen LogP) is 3.12. The van der Waals surface area contributed by atoms with Gasteiger partial charge in [0.25, 0.3) is 0 Å². The Kier molecular flexibility index (Phi) is 4.47. The van der Waals surface area contributed by atoms with Gasteiger partial charge in [-0.2, -0.15) is 5.26 Å². The van der Waals surface area contributed by atoms with Gasteiger partial charge in [-0.25, -0.2) is 0 Å². The van der Waals surface area contributed by atoms with E-state index in [-0.39, 0.29) is 5.41 Å². The fourth-order valence-electron chi connectivity index (χ4n) is 4.03. The average Bonchev–Trinajstić information content (AvgIpc) is 2.56. The molecule has 4 heteroatoms. The lowest BCUT2D eigenvalue weighted by Crippen LogP contribution is -2.55. The zero-order valence-corrected chi connectivity index (χ0v) is 14.2. The van der Waals surface area contributed by atoms with Crippen LogP contribution in [-0.2, 0) is 10.2 Å². The van der Waals surface area contributed by atoms with Crippen molar-refractivity contribution >= 4 is 0 Å². The zero-order chi connectivity index (χ0) is 16.4. The lowest BCUT2D eigenvalue weighted by Gasteiger charge is -2.47. The van der Waals surface area contributed by atoms with E-state index in [0.717, 1.165) is 36.8 Å². The zero-order valence-electron chi connectivity index (χ0n) is 14.2. The van der Waals surface area contributed by atoms with Crippen molar-refractivity contribution in [3.05, 3.63) is 29.8 Å². The molecular formula is C20H26N2O2. The number of likely N-dealkylation sites (tertiary alicyclic amines) is 1. The van der Waals surface area contributed by atoms with Crippen LogP contribution >= 0.6 is 0 Å². The molecule has 4 rings (SSSR count). The molecule has 2 aliphatic heterocycles. The van der Waals surface area contributed by atoms with Crippen LogP contribution in [0, 0.1) is 17.2 Å². The van der Waals surface area contributed by atoms with E-state index in [2.05, 4.69) is 23.1 Å². The average molecular weight is 326 g/mol. The maximum atomic E-state index is 9.63. The molecule has 24 heavy (non-hydrogen) atoms. The first-order valence-electron chi connectivity index (χ1n) is 9.25. The lowest BCUT2D eigenvalue weighted by molar-refractivity contribution is -0.00243. The van der Waals surface area contributed by atoms with Crippen molar-refractivity contribution in [2.24, 2.45) is 5.92 Å². The fraction of sp³-hybridized carbons (Fsp3) is 0.650. The van der Waals surface area contributed by atoms with Crippen molar-refractivity contribution in [2.45, 2.75) is 43.6 Å². The first kappa shape index (κ1) is 15.9. The summed E-state index contributed by atoms with van der Waals surface area (Å²) in [5.74, 6) is 1.59. The van der Waals surface area contributed by atoms with Gasteiger partial charge in [0.05, 0.1) is 18.1 Å². The molecule has 128 valence electrons. The third-order valence-electron chi connectivity index (χ3n) is 6.03. The number of ether oxygens (including phenoxy) is 2. The maximum absolute atomic E-state index is 9.63. The van der Waals surface area contributed by atoms with Gasteiger partial charge in [0.15, 0.2) is 0 Å². The van der Waals surface area contributed by atoms with Crippen molar-refractivity contribution in [3.8, 4) is 11.8 Å². The summed E-state index contributed by atoms with van der Waals surface area (Å²) in [7, 11) is 0. The summed E-state index contributed by atoms with van der Waals surface area (Å²) in [6.07, 6.45) is 5.75. The minimum absolute atomic E-state index is 0.381. The number of hydrogen-bond donors (Lipinski definition) is 0. The van der Waals surface area contributed by atoms with E-state index >= 15 is 0 Å². The molecule has 1 aromatic rings. The highest BCUT2D eigenvalue weighted by molar-refractivity contribution is 5.37. The molecule has 1 saturated carbocycles. The molecule has 0 radical (unpaired) electrons. The van der Waals surface area contributed by atoms with E-state index in [1.165, 1.54) is 32.4 Å². The Morgan fingerprint density at radius 1 is 1.17 bits per heavy atom. The molecule has 4 nitrogen and oxygen atoms in total. The second kappa shape index (κ2) is 6.74. The molecule has 2 saturated heterocycles. The van der Waals surface area contributed by atoms with Gasteiger partial charge in [-0.1, -0.05) is 18.6 Å². The number of rotatable bonds is 5. The van der Waals surface area contributed by atoms with E-state index in [1.54, 1.807) is 0 Å². The number of nitriles is 1. The van der Waals surface area contributed by atoms with Crippen LogP contribution in [0.4, 0.5) is 0 Å². The van der Waals surface area contributed by atoms with Crippen molar-refractivity contribution < 1.29 is 9.47 Å². The molecule has 3 aliphatic rings. The fourth-order valence-corrected chi connectivity index (χ4v) is 4.03. The largest absolute Gasteiger partial charge is 0.493 e. The normalized spacial score (nSPS) is 24.6. The summed E-state index contributed by atoms with van der Waals surface area (Å²) in [5.41, 5.74) is 0.717. The van der Waals surface area contributed by atoms with E-state index < -0.39 is 0 Å². The van der Waals surface area contributed by atoms with E-state index in [4.69, 9.17) is 9.47 Å². The summed E-state index contributed by atoms with van der Waals surface area (Å²) in [6.45, 7) is 4.54. The van der Waals surface area contributed by atoms with Gasteiger partial charge < -0.3 is 9.47 Å². The van der Waals surface area contributed by atoms with E-state index in [9.17, 15) is 5.26 Å². The molecule has 0 bridgehead atoms. The van der Waals surface area contributed by atoms with Crippen molar-refractivity contribution in [1.82, 2.24) is 4.90 Å². The van der Waals surface area contributed by atoms with Gasteiger partial charge in [0.2, 0.25) is 0 Å². The second-order valence-corrected chi connectivity index (χ2v) is 7.55. The first-order valence-corrected chi connectivity index (χ1v) is 9.25. The quantitative estimate of drug-likeness (QED) is 0.834. The van der Waals surface area contributed by atoms with Crippen LogP contribution in [0.3, 0.4) is 0 Å². The molecule has 0 N–H and O–H groups in total. The van der Waals surface area contributed by atoms with Crippen molar-refractivity contribution in [2.75, 3.05) is 32.9 Å². The Balaban J connectivity index is 1.29. The van der Waals surface area contributed by atoms with Crippen LogP contribution in [0.2, 0.25) is 0 Å². The third-order valence-corrected chi connectivity index (χ3v) is 6.03. The molecule has 1 aromatic carbocycles. The van der Waals surface area contributed by atoms with Gasteiger partial charge >= 0.3 is 0 Å². The molecule has 1 aliphatic carbocycles. The van der Waals surface area contributed by atoms with Gasteiger partial charge in [-0.3, -0.25) is 4.90 Å². The minimum Gasteiger partial charge on any atom is -0.493 e. The number of hydrogen-bond acceptors (Lipinski definition) is 4. The summed E-state index contributed by atoms with van der Waals surface area (Å²) in [6, 6.07) is 11.5. The Morgan fingerprint density at radius 3 is 2.46 bits per heavy atom. The third kappa shape index (κ3) is 3.03. The smallest absolute Gasteiger partial charge is 0.119 e. The molecule has 3 fully saturated rings. The van der Waals surface area contributed by atoms with Crippen LogP contribution in [0.5, 0.6) is 5.75 Å². The Labute approximate surface area is 144 Å². The van der Waals surface area contributed by atoms with Crippen LogP contribution in [0.25, 0.3) is 0 Å². The first-order chi connectivity index (χ1) is 11.8.